The summed E-state index contributed by atoms with van der Waals surface area (Å²) >= 11 is 0. The third-order valence-corrected chi connectivity index (χ3v) is 7.39. The lowest BCUT2D eigenvalue weighted by Gasteiger charge is -2.58. The highest BCUT2D eigenvalue weighted by atomic mass is 16.5. The number of fused-ring (bicyclic) bond motifs is 1. The van der Waals surface area contributed by atoms with Crippen LogP contribution in [-0.4, -0.2) is 29.4 Å². The molecule has 0 aromatic heterocycles. The fourth-order valence-corrected chi connectivity index (χ4v) is 5.32. The molecule has 0 aromatic carbocycles. The predicted octanol–water partition coefficient (Wildman–Crippen LogP) is 4.40. The normalized spacial score (nSPS) is 34.4. The Morgan fingerprint density at radius 1 is 1.37 bits per heavy atom. The Labute approximate surface area is 162 Å². The van der Waals surface area contributed by atoms with Gasteiger partial charge in [-0.3, -0.25) is 14.4 Å². The van der Waals surface area contributed by atoms with E-state index < -0.39 is 5.97 Å². The number of carbonyl (C=O) groups is 3. The van der Waals surface area contributed by atoms with Crippen LogP contribution in [-0.2, 0) is 19.1 Å². The van der Waals surface area contributed by atoms with Crippen LogP contribution < -0.4 is 0 Å². The number of rotatable bonds is 7. The zero-order valence-corrected chi connectivity index (χ0v) is 17.3. The average Bonchev–Trinajstić information content (AvgIpc) is 2.56. The minimum Gasteiger partial charge on any atom is -0.481 e. The molecule has 0 unspecified atom stereocenters. The molecule has 152 valence electrons. The summed E-state index contributed by atoms with van der Waals surface area (Å²) in [5, 5.41) is 9.05. The Hall–Kier alpha value is -1.65. The Morgan fingerprint density at radius 2 is 2.04 bits per heavy atom. The maximum Gasteiger partial charge on any atom is 0.303 e. The van der Waals surface area contributed by atoms with Gasteiger partial charge in [0.1, 0.15) is 6.61 Å². The molecule has 1 saturated carbocycles. The summed E-state index contributed by atoms with van der Waals surface area (Å²) in [5.41, 5.74) is 0.752. The van der Waals surface area contributed by atoms with Crippen molar-refractivity contribution >= 4 is 17.7 Å². The summed E-state index contributed by atoms with van der Waals surface area (Å²) in [7, 11) is 0. The Bertz CT molecular complexity index is 637. The number of hydrogen-bond acceptors (Lipinski definition) is 4. The molecule has 0 spiro atoms. The summed E-state index contributed by atoms with van der Waals surface area (Å²) in [5.74, 6) is -0.201. The first-order valence-corrected chi connectivity index (χ1v) is 10.1. The largest absolute Gasteiger partial charge is 0.481 e. The molecule has 0 amide bonds. The van der Waals surface area contributed by atoms with Crippen molar-refractivity contribution in [2.75, 3.05) is 6.61 Å². The van der Waals surface area contributed by atoms with Gasteiger partial charge in [0.2, 0.25) is 0 Å². The van der Waals surface area contributed by atoms with E-state index in [0.29, 0.717) is 12.3 Å². The molecule has 2 aliphatic rings. The summed E-state index contributed by atoms with van der Waals surface area (Å²) < 4.78 is 5.26. The van der Waals surface area contributed by atoms with Gasteiger partial charge in [-0.15, -0.1) is 0 Å². The summed E-state index contributed by atoms with van der Waals surface area (Å²) in [6.45, 7) is 10.3. The summed E-state index contributed by atoms with van der Waals surface area (Å²) in [6, 6.07) is 0. The van der Waals surface area contributed by atoms with E-state index >= 15 is 0 Å². The number of carboxylic acids is 1. The van der Waals surface area contributed by atoms with Gasteiger partial charge in [0.25, 0.3) is 0 Å². The predicted molar refractivity (Wildman–Crippen MR) is 103 cm³/mol. The lowest BCUT2D eigenvalue weighted by molar-refractivity contribution is -0.142. The number of carbonyl (C=O) groups excluding carboxylic acids is 2. The summed E-state index contributed by atoms with van der Waals surface area (Å²) in [4.78, 5) is 34.8. The maximum absolute atomic E-state index is 12.5. The Morgan fingerprint density at radius 3 is 2.63 bits per heavy atom. The van der Waals surface area contributed by atoms with Gasteiger partial charge in [0.15, 0.2) is 5.78 Å². The number of hydrogen-bond donors (Lipinski definition) is 1. The molecular weight excluding hydrogens is 344 g/mol. The van der Waals surface area contributed by atoms with Crippen molar-refractivity contribution in [3.63, 3.8) is 0 Å². The quantitative estimate of drug-likeness (QED) is 0.664. The number of carboxylic acid groups (broad SMARTS) is 1. The van der Waals surface area contributed by atoms with Crippen molar-refractivity contribution in [3.8, 4) is 0 Å². The smallest absolute Gasteiger partial charge is 0.303 e. The van der Waals surface area contributed by atoms with Gasteiger partial charge in [-0.1, -0.05) is 27.7 Å². The molecule has 5 atom stereocenters. The molecule has 1 fully saturated rings. The number of ether oxygens (including phenoxy) is 1. The topological polar surface area (TPSA) is 80.7 Å². The van der Waals surface area contributed by atoms with E-state index in [4.69, 9.17) is 9.84 Å². The lowest BCUT2D eigenvalue weighted by atomic mass is 9.46. The van der Waals surface area contributed by atoms with Crippen LogP contribution in [0.4, 0.5) is 0 Å². The van der Waals surface area contributed by atoms with Crippen molar-refractivity contribution in [3.05, 3.63) is 11.6 Å². The standard InChI is InChI=1S/C22H34O5/c1-14(10-20(25)26)6-8-21(4)15(2)7-9-22(5)17(13-27-16(3)23)11-18(24)12-19(21)22/h11,14-15,19H,6-10,12-13H2,1-5H3,(H,25,26)/t14-,15-,19-,21+,22+/m0/s1. The lowest BCUT2D eigenvalue weighted by Crippen LogP contribution is -2.52. The van der Waals surface area contributed by atoms with Gasteiger partial charge in [-0.2, -0.15) is 0 Å². The van der Waals surface area contributed by atoms with Crippen LogP contribution in [0.15, 0.2) is 11.6 Å². The van der Waals surface area contributed by atoms with Crippen LogP contribution in [0.2, 0.25) is 0 Å². The fourth-order valence-electron chi connectivity index (χ4n) is 5.32. The molecule has 0 heterocycles. The second-order valence-electron chi connectivity index (χ2n) is 9.28. The first kappa shape index (κ1) is 21.6. The molecule has 0 saturated heterocycles. The van der Waals surface area contributed by atoms with E-state index in [9.17, 15) is 14.4 Å². The molecule has 5 nitrogen and oxygen atoms in total. The number of allylic oxidation sites excluding steroid dienone is 1. The summed E-state index contributed by atoms with van der Waals surface area (Å²) in [6.07, 6.45) is 6.20. The molecular formula is C22H34O5. The monoisotopic (exact) mass is 378 g/mol. The zero-order chi connectivity index (χ0) is 20.4. The molecule has 0 aromatic rings. The molecule has 1 N–H and O–H groups in total. The highest BCUT2D eigenvalue weighted by molar-refractivity contribution is 5.92. The van der Waals surface area contributed by atoms with Crippen molar-refractivity contribution in [2.24, 2.45) is 28.6 Å². The zero-order valence-electron chi connectivity index (χ0n) is 17.3. The van der Waals surface area contributed by atoms with E-state index in [-0.39, 0.29) is 47.4 Å². The minimum absolute atomic E-state index is 0.0366. The Balaban J connectivity index is 2.26. The van der Waals surface area contributed by atoms with Gasteiger partial charge in [-0.05, 0) is 65.9 Å². The van der Waals surface area contributed by atoms with Crippen LogP contribution in [0.25, 0.3) is 0 Å². The third-order valence-electron chi connectivity index (χ3n) is 7.39. The van der Waals surface area contributed by atoms with E-state index in [1.54, 1.807) is 6.08 Å². The van der Waals surface area contributed by atoms with Gasteiger partial charge < -0.3 is 9.84 Å². The number of esters is 1. The molecule has 0 aliphatic heterocycles. The Kier molecular flexibility index (Phi) is 6.54. The second kappa shape index (κ2) is 8.15. The molecule has 0 radical (unpaired) electrons. The molecule has 27 heavy (non-hydrogen) atoms. The van der Waals surface area contributed by atoms with Gasteiger partial charge in [0.05, 0.1) is 0 Å². The highest BCUT2D eigenvalue weighted by Crippen LogP contribution is 2.61. The van der Waals surface area contributed by atoms with E-state index in [2.05, 4.69) is 20.8 Å². The average molecular weight is 379 g/mol. The van der Waals surface area contributed by atoms with Crippen molar-refractivity contribution < 1.29 is 24.2 Å². The second-order valence-corrected chi connectivity index (χ2v) is 9.28. The van der Waals surface area contributed by atoms with Crippen LogP contribution in [0, 0.1) is 28.6 Å². The van der Waals surface area contributed by atoms with E-state index in [0.717, 1.165) is 31.3 Å². The maximum atomic E-state index is 12.5. The fraction of sp³-hybridized carbons (Fsp3) is 0.773. The number of ketones is 1. The molecule has 2 aliphatic carbocycles. The van der Waals surface area contributed by atoms with Crippen LogP contribution in [0.1, 0.15) is 73.1 Å². The first-order valence-electron chi connectivity index (χ1n) is 10.1. The molecule has 5 heteroatoms. The van der Waals surface area contributed by atoms with Crippen molar-refractivity contribution in [2.45, 2.75) is 73.1 Å². The minimum atomic E-state index is -0.756. The van der Waals surface area contributed by atoms with E-state index in [1.165, 1.54) is 6.92 Å². The third kappa shape index (κ3) is 4.61. The molecule has 2 rings (SSSR count). The number of aliphatic carboxylic acids is 1. The van der Waals surface area contributed by atoms with Gasteiger partial charge in [0, 0.05) is 19.8 Å². The van der Waals surface area contributed by atoms with E-state index in [1.807, 2.05) is 6.92 Å². The highest BCUT2D eigenvalue weighted by Gasteiger charge is 2.55. The van der Waals surface area contributed by atoms with Crippen LogP contribution >= 0.6 is 0 Å². The molecule has 0 bridgehead atoms. The first-order chi connectivity index (χ1) is 12.5. The van der Waals surface area contributed by atoms with Gasteiger partial charge >= 0.3 is 11.9 Å². The van der Waals surface area contributed by atoms with Crippen LogP contribution in [0.5, 0.6) is 0 Å². The van der Waals surface area contributed by atoms with Crippen LogP contribution in [0.3, 0.4) is 0 Å². The van der Waals surface area contributed by atoms with Crippen molar-refractivity contribution in [1.82, 2.24) is 0 Å². The van der Waals surface area contributed by atoms with Crippen molar-refractivity contribution in [1.29, 1.82) is 0 Å². The van der Waals surface area contributed by atoms with Gasteiger partial charge in [-0.25, -0.2) is 0 Å². The SMILES string of the molecule is CC(=O)OCC1=CC(=O)C[C@H]2[C@](C)(CC[C@H](C)CC(=O)O)[C@@H](C)CC[C@]12C.